The van der Waals surface area contributed by atoms with Crippen molar-refractivity contribution in [1.82, 2.24) is 24.1 Å². The molecule has 0 N–H and O–H groups in total. The highest BCUT2D eigenvalue weighted by molar-refractivity contribution is 6.12. The summed E-state index contributed by atoms with van der Waals surface area (Å²) in [5.74, 6) is 1.55. The maximum atomic E-state index is 11.5. The second kappa shape index (κ2) is 14.5. The van der Waals surface area contributed by atoms with Crippen molar-refractivity contribution in [2.75, 3.05) is 0 Å². The van der Waals surface area contributed by atoms with E-state index in [1.807, 2.05) is 98.8 Å². The summed E-state index contributed by atoms with van der Waals surface area (Å²) in [7, 11) is 0. The van der Waals surface area contributed by atoms with E-state index in [2.05, 4.69) is 56.6 Å². The van der Waals surface area contributed by atoms with Crippen LogP contribution in [0.25, 0.3) is 88.6 Å². The lowest BCUT2D eigenvalue weighted by Gasteiger charge is -2.18. The fourth-order valence-electron chi connectivity index (χ4n) is 8.62. The van der Waals surface area contributed by atoms with Crippen LogP contribution in [0.3, 0.4) is 0 Å². The third kappa shape index (κ3) is 5.95. The Morgan fingerprint density at radius 3 is 1.18 bits per heavy atom. The highest BCUT2D eigenvalue weighted by Crippen LogP contribution is 2.41. The highest BCUT2D eigenvalue weighted by atomic mass is 15.0. The molecule has 0 spiro atoms. The van der Waals surface area contributed by atoms with Gasteiger partial charge in [-0.2, -0.15) is 26.3 Å². The van der Waals surface area contributed by atoms with Gasteiger partial charge in [-0.25, -0.2) is 15.0 Å². The first-order valence-electron chi connectivity index (χ1n) is 19.6. The van der Waals surface area contributed by atoms with Gasteiger partial charge in [-0.3, -0.25) is 0 Å². The zero-order valence-corrected chi connectivity index (χ0v) is 33.2. The standard InChI is InChI=1S/C52H28N10/c1-30-58-31(2)60-52(59-30)40-23-50(61-46-9-5-3-7-41(46)43-13-11-36(21-48(43)61)38-17-32(25-53)15-33(18-38)26-54)45(29-57)51(24-40)62-47-10-6-4-8-42(47)44-14-12-37(22-49(44)62)39-19-34(27-55)16-35(20-39)28-56/h3-24H,1-2H3. The summed E-state index contributed by atoms with van der Waals surface area (Å²) in [4.78, 5) is 14.1. The van der Waals surface area contributed by atoms with Crippen LogP contribution < -0.4 is 0 Å². The lowest BCUT2D eigenvalue weighted by Crippen LogP contribution is -2.07. The molecule has 10 nitrogen and oxygen atoms in total. The van der Waals surface area contributed by atoms with Gasteiger partial charge in [-0.05, 0) is 109 Å². The van der Waals surface area contributed by atoms with E-state index >= 15 is 0 Å². The van der Waals surface area contributed by atoms with E-state index in [-0.39, 0.29) is 0 Å². The first-order valence-corrected chi connectivity index (χ1v) is 19.6. The van der Waals surface area contributed by atoms with E-state index in [0.29, 0.717) is 73.4 Å². The smallest absolute Gasteiger partial charge is 0.163 e. The first kappa shape index (κ1) is 36.9. The summed E-state index contributed by atoms with van der Waals surface area (Å²) >= 11 is 0. The largest absolute Gasteiger partial charge is 0.308 e. The molecule has 10 aromatic rings. The predicted molar refractivity (Wildman–Crippen MR) is 238 cm³/mol. The summed E-state index contributed by atoms with van der Waals surface area (Å²) in [6.07, 6.45) is 0. The van der Waals surface area contributed by atoms with E-state index < -0.39 is 0 Å². The van der Waals surface area contributed by atoms with Crippen LogP contribution >= 0.6 is 0 Å². The number of nitrogens with zero attached hydrogens (tertiary/aromatic N) is 10. The van der Waals surface area contributed by atoms with Crippen LogP contribution in [-0.2, 0) is 0 Å². The molecule has 0 fully saturated rings. The van der Waals surface area contributed by atoms with E-state index in [4.69, 9.17) is 9.97 Å². The number of hydrogen-bond donors (Lipinski definition) is 0. The van der Waals surface area contributed by atoms with Gasteiger partial charge in [0.2, 0.25) is 0 Å². The average molecular weight is 793 g/mol. The zero-order chi connectivity index (χ0) is 42.6. The third-order valence-electron chi connectivity index (χ3n) is 11.2. The van der Waals surface area contributed by atoms with Crippen LogP contribution in [0.4, 0.5) is 0 Å². The number of aromatic nitrogens is 5. The minimum absolute atomic E-state index is 0.379. The molecule has 10 rings (SSSR count). The molecule has 7 aromatic carbocycles. The maximum absolute atomic E-state index is 11.5. The second-order valence-electron chi connectivity index (χ2n) is 15.0. The molecule has 0 amide bonds. The van der Waals surface area contributed by atoms with Crippen LogP contribution in [-0.4, -0.2) is 24.1 Å². The fourth-order valence-corrected chi connectivity index (χ4v) is 8.62. The van der Waals surface area contributed by atoms with Gasteiger partial charge in [0.05, 0.1) is 80.0 Å². The van der Waals surface area contributed by atoms with Gasteiger partial charge in [0.1, 0.15) is 23.3 Å². The van der Waals surface area contributed by atoms with Crippen molar-refractivity contribution >= 4 is 43.6 Å². The Balaban J connectivity index is 1.33. The van der Waals surface area contributed by atoms with Gasteiger partial charge < -0.3 is 9.13 Å². The average Bonchev–Trinajstić information content (AvgIpc) is 3.82. The van der Waals surface area contributed by atoms with Crippen LogP contribution in [0.1, 0.15) is 39.5 Å². The number of rotatable bonds is 5. The second-order valence-corrected chi connectivity index (χ2v) is 15.0. The quantitative estimate of drug-likeness (QED) is 0.166. The number of benzene rings is 7. The van der Waals surface area contributed by atoms with Gasteiger partial charge in [-0.1, -0.05) is 60.7 Å². The molecule has 0 aliphatic heterocycles. The lowest BCUT2D eigenvalue weighted by molar-refractivity contribution is 0.927. The highest BCUT2D eigenvalue weighted by Gasteiger charge is 2.24. The Morgan fingerprint density at radius 2 is 0.774 bits per heavy atom. The van der Waals surface area contributed by atoms with Crippen LogP contribution in [0.2, 0.25) is 0 Å². The maximum Gasteiger partial charge on any atom is 0.163 e. The number of fused-ring (bicyclic) bond motifs is 6. The summed E-state index contributed by atoms with van der Waals surface area (Å²) in [5, 5.41) is 54.6. The molecule has 0 atom stereocenters. The Bertz CT molecular complexity index is 3500. The molecular weight excluding hydrogens is 765 g/mol. The number of nitriles is 5. The van der Waals surface area contributed by atoms with Crippen molar-refractivity contribution < 1.29 is 0 Å². The van der Waals surface area contributed by atoms with Crippen molar-refractivity contribution in [1.29, 1.82) is 26.3 Å². The molecular formula is C52H28N10. The summed E-state index contributed by atoms with van der Waals surface area (Å²) in [6, 6.07) is 53.7. The lowest BCUT2D eigenvalue weighted by atomic mass is 9.99. The summed E-state index contributed by atoms with van der Waals surface area (Å²) in [6.45, 7) is 3.65. The van der Waals surface area contributed by atoms with Gasteiger partial charge in [0, 0.05) is 27.1 Å². The molecule has 286 valence electrons. The summed E-state index contributed by atoms with van der Waals surface area (Å²) < 4.78 is 4.19. The topological polar surface area (TPSA) is 167 Å². The van der Waals surface area contributed by atoms with Gasteiger partial charge >= 0.3 is 0 Å². The molecule has 3 aromatic heterocycles. The molecule has 0 radical (unpaired) electrons. The third-order valence-corrected chi connectivity index (χ3v) is 11.2. The molecule has 10 heteroatoms. The van der Waals surface area contributed by atoms with Gasteiger partial charge in [-0.15, -0.1) is 0 Å². The first-order chi connectivity index (χ1) is 30.3. The molecule has 62 heavy (non-hydrogen) atoms. The van der Waals surface area contributed by atoms with E-state index in [9.17, 15) is 26.3 Å². The Kier molecular flexibility index (Phi) is 8.61. The zero-order valence-electron chi connectivity index (χ0n) is 33.2. The van der Waals surface area contributed by atoms with Gasteiger partial charge in [0.25, 0.3) is 0 Å². The van der Waals surface area contributed by atoms with Crippen molar-refractivity contribution in [2.24, 2.45) is 0 Å². The number of aryl methyl sites for hydroxylation is 2. The van der Waals surface area contributed by atoms with Crippen LogP contribution in [0, 0.1) is 70.5 Å². The Labute approximate surface area is 354 Å². The minimum atomic E-state index is 0.379. The molecule has 0 saturated heterocycles. The molecule has 0 unspecified atom stereocenters. The van der Waals surface area contributed by atoms with E-state index in [1.165, 1.54) is 0 Å². The normalized spacial score (nSPS) is 11.0. The van der Waals surface area contributed by atoms with Gasteiger partial charge in [0.15, 0.2) is 5.82 Å². The Morgan fingerprint density at radius 1 is 0.371 bits per heavy atom. The Hall–Kier alpha value is -9.40. The van der Waals surface area contributed by atoms with Crippen molar-refractivity contribution in [3.63, 3.8) is 0 Å². The monoisotopic (exact) mass is 792 g/mol. The summed E-state index contributed by atoms with van der Waals surface area (Å²) in [5.41, 5.74) is 10.1. The minimum Gasteiger partial charge on any atom is -0.308 e. The molecule has 0 bridgehead atoms. The molecule has 0 aliphatic rings. The predicted octanol–water partition coefficient (Wildman–Crippen LogP) is 11.0. The van der Waals surface area contributed by atoms with Crippen molar-refractivity contribution in [2.45, 2.75) is 13.8 Å². The van der Waals surface area contributed by atoms with Crippen molar-refractivity contribution in [3.8, 4) is 75.4 Å². The van der Waals surface area contributed by atoms with Crippen LogP contribution in [0.15, 0.2) is 133 Å². The molecule has 0 saturated carbocycles. The number of para-hydroxylation sites is 2. The molecule has 3 heterocycles. The fraction of sp³-hybridized carbons (Fsp3) is 0.0385. The van der Waals surface area contributed by atoms with E-state index in [0.717, 1.165) is 54.7 Å². The van der Waals surface area contributed by atoms with Crippen LogP contribution in [0.5, 0.6) is 0 Å². The molecule has 0 aliphatic carbocycles. The van der Waals surface area contributed by atoms with Crippen molar-refractivity contribution in [3.05, 3.63) is 173 Å². The number of hydrogen-bond acceptors (Lipinski definition) is 8. The van der Waals surface area contributed by atoms with E-state index in [1.54, 1.807) is 36.4 Å². The SMILES string of the molecule is Cc1nc(C)nc(-c2cc(-n3c4ccccc4c4ccc(-c5cc(C#N)cc(C#N)c5)cc43)c(C#N)c(-n3c4ccccc4c4ccc(-c5cc(C#N)cc(C#N)c5)cc43)c2)n1.